The van der Waals surface area contributed by atoms with Crippen LogP contribution < -0.4 is 5.32 Å². The number of nitrogens with zero attached hydrogens (tertiary/aromatic N) is 3. The first-order chi connectivity index (χ1) is 11.1. The van der Waals surface area contributed by atoms with Crippen LogP contribution in [0.1, 0.15) is 18.3 Å². The molecule has 1 aromatic carbocycles. The van der Waals surface area contributed by atoms with Crippen molar-refractivity contribution >= 4 is 6.03 Å². The van der Waals surface area contributed by atoms with Crippen molar-refractivity contribution in [3.8, 4) is 0 Å². The first-order valence-electron chi connectivity index (χ1n) is 7.77. The highest BCUT2D eigenvalue weighted by Crippen LogP contribution is 2.04. The van der Waals surface area contributed by atoms with E-state index in [4.69, 9.17) is 0 Å². The van der Waals surface area contributed by atoms with Crippen molar-refractivity contribution in [3.63, 3.8) is 0 Å². The third-order valence-electron chi connectivity index (χ3n) is 3.57. The number of aliphatic hydroxyl groups is 1. The second kappa shape index (κ2) is 8.33. The topological polar surface area (TPSA) is 70.4 Å². The van der Waals surface area contributed by atoms with E-state index in [0.717, 1.165) is 18.8 Å². The molecule has 0 fully saturated rings. The minimum Gasteiger partial charge on any atom is -0.392 e. The summed E-state index contributed by atoms with van der Waals surface area (Å²) in [6, 6.07) is 10.0. The zero-order valence-corrected chi connectivity index (χ0v) is 13.6. The molecule has 0 bridgehead atoms. The van der Waals surface area contributed by atoms with Gasteiger partial charge in [0.05, 0.1) is 12.6 Å². The molecule has 124 valence electrons. The van der Waals surface area contributed by atoms with Gasteiger partial charge in [-0.05, 0) is 18.9 Å². The van der Waals surface area contributed by atoms with Crippen LogP contribution in [0.3, 0.4) is 0 Å². The molecule has 2 N–H and O–H groups in total. The quantitative estimate of drug-likeness (QED) is 0.816. The lowest BCUT2D eigenvalue weighted by Gasteiger charge is -2.19. The van der Waals surface area contributed by atoms with Crippen molar-refractivity contribution in [2.75, 3.05) is 13.6 Å². The van der Waals surface area contributed by atoms with E-state index in [1.807, 2.05) is 29.0 Å². The number of likely N-dealkylation sites (N-methyl/N-ethyl adjacent to an activating group) is 1. The maximum absolute atomic E-state index is 11.9. The molecule has 0 saturated heterocycles. The van der Waals surface area contributed by atoms with Crippen molar-refractivity contribution in [1.82, 2.24) is 19.8 Å². The number of hydrogen-bond acceptors (Lipinski definition) is 3. The molecule has 1 atom stereocenters. The third-order valence-corrected chi connectivity index (χ3v) is 3.57. The van der Waals surface area contributed by atoms with E-state index in [2.05, 4.69) is 22.4 Å². The smallest absolute Gasteiger partial charge is 0.317 e. The standard InChI is InChI=1S/C17H24N4O2/c1-14(22)13-20(2)17(23)19-12-16-18-9-11-21(16)10-8-15-6-4-3-5-7-15/h3-7,9,11,14,22H,8,10,12-13H2,1-2H3,(H,19,23). The van der Waals surface area contributed by atoms with Gasteiger partial charge < -0.3 is 19.9 Å². The maximum Gasteiger partial charge on any atom is 0.317 e. The van der Waals surface area contributed by atoms with Crippen molar-refractivity contribution < 1.29 is 9.90 Å². The number of amides is 2. The van der Waals surface area contributed by atoms with Crippen LogP contribution in [0.2, 0.25) is 0 Å². The predicted molar refractivity (Wildman–Crippen MR) is 88.9 cm³/mol. The van der Waals surface area contributed by atoms with Crippen LogP contribution in [0.4, 0.5) is 4.79 Å². The zero-order chi connectivity index (χ0) is 16.7. The van der Waals surface area contributed by atoms with Crippen LogP contribution in [0.15, 0.2) is 42.7 Å². The summed E-state index contributed by atoms with van der Waals surface area (Å²) in [5.41, 5.74) is 1.27. The summed E-state index contributed by atoms with van der Waals surface area (Å²) in [4.78, 5) is 17.7. The van der Waals surface area contributed by atoms with E-state index in [1.54, 1.807) is 20.2 Å². The normalized spacial score (nSPS) is 12.0. The number of nitrogens with one attached hydrogen (secondary N) is 1. The summed E-state index contributed by atoms with van der Waals surface area (Å²) in [6.45, 7) is 3.14. The third kappa shape index (κ3) is 5.41. The Kier molecular flexibility index (Phi) is 6.17. The van der Waals surface area contributed by atoms with Gasteiger partial charge >= 0.3 is 6.03 Å². The summed E-state index contributed by atoms with van der Waals surface area (Å²) in [6.07, 6.45) is 4.04. The molecule has 2 aromatic rings. The van der Waals surface area contributed by atoms with Crippen LogP contribution in [0, 0.1) is 0 Å². The van der Waals surface area contributed by atoms with E-state index in [-0.39, 0.29) is 6.03 Å². The van der Waals surface area contributed by atoms with Crippen LogP contribution in [-0.2, 0) is 19.5 Å². The molecule has 23 heavy (non-hydrogen) atoms. The fourth-order valence-electron chi connectivity index (χ4n) is 2.37. The fourth-order valence-corrected chi connectivity index (χ4v) is 2.37. The van der Waals surface area contributed by atoms with Crippen LogP contribution in [-0.4, -0.2) is 45.3 Å². The highest BCUT2D eigenvalue weighted by Gasteiger charge is 2.11. The van der Waals surface area contributed by atoms with E-state index < -0.39 is 6.10 Å². The second-order valence-corrected chi connectivity index (χ2v) is 5.66. The first-order valence-corrected chi connectivity index (χ1v) is 7.77. The molecular weight excluding hydrogens is 292 g/mol. The van der Waals surface area contributed by atoms with Gasteiger partial charge in [-0.2, -0.15) is 0 Å². The molecule has 0 spiro atoms. The molecular formula is C17H24N4O2. The molecule has 2 amide bonds. The van der Waals surface area contributed by atoms with E-state index >= 15 is 0 Å². The Hall–Kier alpha value is -2.34. The fraction of sp³-hybridized carbons (Fsp3) is 0.412. The lowest BCUT2D eigenvalue weighted by Crippen LogP contribution is -2.40. The SMILES string of the molecule is CC(O)CN(C)C(=O)NCc1nccn1CCc1ccccc1. The number of aryl methyl sites for hydroxylation is 2. The largest absolute Gasteiger partial charge is 0.392 e. The number of rotatable bonds is 7. The van der Waals surface area contributed by atoms with Crippen molar-refractivity contribution in [3.05, 3.63) is 54.1 Å². The van der Waals surface area contributed by atoms with Gasteiger partial charge in [0.25, 0.3) is 0 Å². The van der Waals surface area contributed by atoms with E-state index in [1.165, 1.54) is 10.5 Å². The van der Waals surface area contributed by atoms with Gasteiger partial charge in [-0.1, -0.05) is 30.3 Å². The first kappa shape index (κ1) is 17.0. The number of urea groups is 1. The molecule has 0 saturated carbocycles. The van der Waals surface area contributed by atoms with Crippen molar-refractivity contribution in [2.45, 2.75) is 32.5 Å². The average Bonchev–Trinajstić information content (AvgIpc) is 2.98. The Labute approximate surface area is 136 Å². The zero-order valence-electron chi connectivity index (χ0n) is 13.6. The molecule has 0 aliphatic rings. The number of carbonyl (C=O) groups is 1. The van der Waals surface area contributed by atoms with Crippen LogP contribution in [0.25, 0.3) is 0 Å². The Morgan fingerprint density at radius 3 is 2.83 bits per heavy atom. The van der Waals surface area contributed by atoms with Gasteiger partial charge in [-0.25, -0.2) is 9.78 Å². The number of hydrogen-bond donors (Lipinski definition) is 2. The highest BCUT2D eigenvalue weighted by atomic mass is 16.3. The van der Waals surface area contributed by atoms with Crippen LogP contribution >= 0.6 is 0 Å². The van der Waals surface area contributed by atoms with Gasteiger partial charge in [0.2, 0.25) is 0 Å². The molecule has 1 heterocycles. The molecule has 1 aromatic heterocycles. The van der Waals surface area contributed by atoms with E-state index in [0.29, 0.717) is 13.1 Å². The Morgan fingerprint density at radius 1 is 1.39 bits per heavy atom. The molecule has 6 nitrogen and oxygen atoms in total. The van der Waals surface area contributed by atoms with Gasteiger partial charge in [0.1, 0.15) is 5.82 Å². The Morgan fingerprint density at radius 2 is 2.13 bits per heavy atom. The minimum atomic E-state index is -0.543. The molecule has 2 rings (SSSR count). The summed E-state index contributed by atoms with van der Waals surface area (Å²) in [5, 5.41) is 12.1. The lowest BCUT2D eigenvalue weighted by molar-refractivity contribution is 0.143. The van der Waals surface area contributed by atoms with Crippen molar-refractivity contribution in [1.29, 1.82) is 0 Å². The highest BCUT2D eigenvalue weighted by molar-refractivity contribution is 5.73. The van der Waals surface area contributed by atoms with Gasteiger partial charge in [0.15, 0.2) is 0 Å². The summed E-state index contributed by atoms with van der Waals surface area (Å²) >= 11 is 0. The molecule has 0 aliphatic carbocycles. The summed E-state index contributed by atoms with van der Waals surface area (Å²) < 4.78 is 2.04. The lowest BCUT2D eigenvalue weighted by atomic mass is 10.1. The number of aromatic nitrogens is 2. The number of benzene rings is 1. The monoisotopic (exact) mass is 316 g/mol. The Balaban J connectivity index is 1.85. The summed E-state index contributed by atoms with van der Waals surface area (Å²) in [7, 11) is 1.66. The number of imidazole rings is 1. The van der Waals surface area contributed by atoms with Crippen LogP contribution in [0.5, 0.6) is 0 Å². The van der Waals surface area contributed by atoms with Gasteiger partial charge in [-0.15, -0.1) is 0 Å². The second-order valence-electron chi connectivity index (χ2n) is 5.66. The summed E-state index contributed by atoms with van der Waals surface area (Å²) in [5.74, 6) is 0.819. The molecule has 6 heteroatoms. The molecule has 0 aliphatic heterocycles. The minimum absolute atomic E-state index is 0.219. The number of carbonyl (C=O) groups excluding carboxylic acids is 1. The molecule has 1 unspecified atom stereocenters. The average molecular weight is 316 g/mol. The predicted octanol–water partition coefficient (Wildman–Crippen LogP) is 1.65. The molecule has 0 radical (unpaired) electrons. The maximum atomic E-state index is 11.9. The van der Waals surface area contributed by atoms with Crippen molar-refractivity contribution in [2.24, 2.45) is 0 Å². The van der Waals surface area contributed by atoms with Gasteiger partial charge in [-0.3, -0.25) is 0 Å². The number of aliphatic hydroxyl groups excluding tert-OH is 1. The Bertz CT molecular complexity index is 610. The van der Waals surface area contributed by atoms with Gasteiger partial charge in [0, 0.05) is 32.5 Å². The van der Waals surface area contributed by atoms with E-state index in [9.17, 15) is 9.90 Å².